The van der Waals surface area contributed by atoms with Gasteiger partial charge in [0.05, 0.1) is 16.0 Å². The van der Waals surface area contributed by atoms with Crippen LogP contribution in [-0.4, -0.2) is 17.0 Å². The van der Waals surface area contributed by atoms with Crippen LogP contribution in [0.25, 0.3) is 11.1 Å². The summed E-state index contributed by atoms with van der Waals surface area (Å²) in [7, 11) is 1.88. The summed E-state index contributed by atoms with van der Waals surface area (Å²) in [6.45, 7) is 0. The third-order valence-corrected chi connectivity index (χ3v) is 5.98. The highest BCUT2D eigenvalue weighted by atomic mass is 32.2. The summed E-state index contributed by atoms with van der Waals surface area (Å²) in [5.41, 5.74) is 1.54. The monoisotopic (exact) mass is 357 g/mol. The molecule has 0 bridgehead atoms. The summed E-state index contributed by atoms with van der Waals surface area (Å²) in [4.78, 5) is 22.2. The van der Waals surface area contributed by atoms with Crippen molar-refractivity contribution in [2.45, 2.75) is 4.90 Å². The SMILES string of the molecule is CN1/C(=c2\s/c(=C\c3ccccn3)[nH]c2=O)Sc2cc(F)ccc21. The second-order valence-corrected chi connectivity index (χ2v) is 7.31. The first-order valence-corrected chi connectivity index (χ1v) is 8.82. The number of benzene rings is 1. The van der Waals surface area contributed by atoms with Gasteiger partial charge in [-0.2, -0.15) is 0 Å². The van der Waals surface area contributed by atoms with Crippen LogP contribution in [0.15, 0.2) is 52.3 Å². The van der Waals surface area contributed by atoms with Crippen LogP contribution in [0.2, 0.25) is 0 Å². The van der Waals surface area contributed by atoms with Crippen molar-refractivity contribution in [2.75, 3.05) is 11.9 Å². The molecule has 4 rings (SSSR count). The fourth-order valence-corrected chi connectivity index (χ4v) is 4.75. The van der Waals surface area contributed by atoms with Crippen LogP contribution in [0.3, 0.4) is 0 Å². The molecule has 0 spiro atoms. The zero-order chi connectivity index (χ0) is 16.7. The number of thiazole rings is 1. The van der Waals surface area contributed by atoms with E-state index in [4.69, 9.17) is 0 Å². The van der Waals surface area contributed by atoms with Crippen molar-refractivity contribution in [3.8, 4) is 0 Å². The van der Waals surface area contributed by atoms with Crippen LogP contribution in [-0.2, 0) is 0 Å². The number of thioether (sulfide) groups is 1. The van der Waals surface area contributed by atoms with Crippen LogP contribution in [0.4, 0.5) is 10.1 Å². The number of pyridine rings is 1. The van der Waals surface area contributed by atoms with Crippen LogP contribution in [0.1, 0.15) is 5.69 Å². The molecule has 4 nitrogen and oxygen atoms in total. The third kappa shape index (κ3) is 2.65. The number of hydrogen-bond acceptors (Lipinski definition) is 5. The molecule has 0 saturated carbocycles. The quantitative estimate of drug-likeness (QED) is 0.725. The van der Waals surface area contributed by atoms with E-state index in [2.05, 4.69) is 9.97 Å². The zero-order valence-corrected chi connectivity index (χ0v) is 14.2. The largest absolute Gasteiger partial charge is 0.337 e. The molecule has 0 atom stereocenters. The minimum Gasteiger partial charge on any atom is -0.337 e. The highest BCUT2D eigenvalue weighted by molar-refractivity contribution is 8.08. The number of nitrogens with zero attached hydrogens (tertiary/aromatic N) is 2. The van der Waals surface area contributed by atoms with Gasteiger partial charge in [0.2, 0.25) is 0 Å². The molecule has 3 heterocycles. The molecule has 24 heavy (non-hydrogen) atoms. The Kier molecular flexibility index (Phi) is 3.74. The predicted octanol–water partition coefficient (Wildman–Crippen LogP) is 2.11. The molecule has 0 fully saturated rings. The van der Waals surface area contributed by atoms with Gasteiger partial charge in [-0.1, -0.05) is 17.8 Å². The normalized spacial score (nSPS) is 16.6. The average Bonchev–Trinajstić information content (AvgIpc) is 3.08. The minimum absolute atomic E-state index is 0.148. The Morgan fingerprint density at radius 3 is 2.96 bits per heavy atom. The van der Waals surface area contributed by atoms with E-state index < -0.39 is 0 Å². The van der Waals surface area contributed by atoms with Gasteiger partial charge in [-0.05, 0) is 36.4 Å². The number of anilines is 1. The highest BCUT2D eigenvalue weighted by Gasteiger charge is 2.24. The number of hydrogen-bond donors (Lipinski definition) is 1. The second kappa shape index (κ2) is 5.92. The van der Waals surface area contributed by atoms with Crippen LogP contribution in [0.5, 0.6) is 0 Å². The average molecular weight is 357 g/mol. The minimum atomic E-state index is -0.278. The lowest BCUT2D eigenvalue weighted by Gasteiger charge is -2.11. The molecule has 1 aliphatic rings. The fourth-order valence-electron chi connectivity index (χ4n) is 2.48. The molecule has 0 aliphatic carbocycles. The van der Waals surface area contributed by atoms with Gasteiger partial charge in [0.25, 0.3) is 5.56 Å². The van der Waals surface area contributed by atoms with E-state index >= 15 is 0 Å². The topological polar surface area (TPSA) is 49.0 Å². The van der Waals surface area contributed by atoms with Gasteiger partial charge in [0.1, 0.15) is 15.4 Å². The van der Waals surface area contributed by atoms with Crippen molar-refractivity contribution in [1.82, 2.24) is 9.97 Å². The molecule has 7 heteroatoms. The zero-order valence-electron chi connectivity index (χ0n) is 12.6. The lowest BCUT2D eigenvalue weighted by atomic mass is 10.3. The fraction of sp³-hybridized carbons (Fsp3) is 0.0588. The van der Waals surface area contributed by atoms with E-state index in [1.807, 2.05) is 36.2 Å². The van der Waals surface area contributed by atoms with Crippen LogP contribution in [0, 0.1) is 5.82 Å². The van der Waals surface area contributed by atoms with Crippen molar-refractivity contribution < 1.29 is 4.39 Å². The van der Waals surface area contributed by atoms with E-state index in [-0.39, 0.29) is 11.4 Å². The Morgan fingerprint density at radius 1 is 1.29 bits per heavy atom. The second-order valence-electron chi connectivity index (χ2n) is 5.23. The summed E-state index contributed by atoms with van der Waals surface area (Å²) in [5.74, 6) is -0.278. The molecule has 120 valence electrons. The maximum absolute atomic E-state index is 13.4. The van der Waals surface area contributed by atoms with Crippen molar-refractivity contribution >= 4 is 39.9 Å². The Balaban J connectivity index is 1.85. The van der Waals surface area contributed by atoms with Gasteiger partial charge in [0.15, 0.2) is 0 Å². The maximum atomic E-state index is 13.4. The first-order valence-electron chi connectivity index (χ1n) is 7.19. The maximum Gasteiger partial charge on any atom is 0.269 e. The third-order valence-electron chi connectivity index (χ3n) is 3.61. The first-order chi connectivity index (χ1) is 11.6. The lowest BCUT2D eigenvalue weighted by Crippen LogP contribution is -2.26. The van der Waals surface area contributed by atoms with Gasteiger partial charge in [-0.3, -0.25) is 9.78 Å². The van der Waals surface area contributed by atoms with Gasteiger partial charge >= 0.3 is 0 Å². The standard InChI is InChI=1S/C17H12FN3OS2/c1-21-12-6-5-10(18)8-13(12)23-17(21)15-16(22)20-14(24-15)9-11-4-2-3-7-19-11/h2-9H,1H3,(H,20,22)/b14-9-,17-15+. The molecular formula is C17H12FN3OS2. The number of aromatic nitrogens is 2. The number of rotatable bonds is 1. The molecular weight excluding hydrogens is 345 g/mol. The lowest BCUT2D eigenvalue weighted by molar-refractivity contribution is 0.624. The van der Waals surface area contributed by atoms with Gasteiger partial charge in [-0.25, -0.2) is 4.39 Å². The molecule has 1 aromatic carbocycles. The molecule has 0 unspecified atom stereocenters. The van der Waals surface area contributed by atoms with E-state index in [9.17, 15) is 9.18 Å². The summed E-state index contributed by atoms with van der Waals surface area (Å²) in [6.07, 6.45) is 3.54. The van der Waals surface area contributed by atoms with Gasteiger partial charge < -0.3 is 9.88 Å². The number of H-pyrrole nitrogens is 1. The van der Waals surface area contributed by atoms with Crippen molar-refractivity contribution in [2.24, 2.45) is 0 Å². The summed E-state index contributed by atoms with van der Waals surface area (Å²) < 4.78 is 14.8. The van der Waals surface area contributed by atoms with Crippen molar-refractivity contribution in [3.05, 3.63) is 73.7 Å². The Bertz CT molecular complexity index is 1090. The summed E-state index contributed by atoms with van der Waals surface area (Å²) >= 11 is 2.78. The van der Waals surface area contributed by atoms with Crippen LogP contribution >= 0.6 is 23.1 Å². The number of halogens is 1. The first kappa shape index (κ1) is 15.2. The van der Waals surface area contributed by atoms with E-state index in [0.29, 0.717) is 4.53 Å². The Morgan fingerprint density at radius 2 is 2.17 bits per heavy atom. The highest BCUT2D eigenvalue weighted by Crippen LogP contribution is 2.45. The van der Waals surface area contributed by atoms with Crippen LogP contribution < -0.4 is 19.7 Å². The summed E-state index contributed by atoms with van der Waals surface area (Å²) in [5, 5.41) is 0.808. The van der Waals surface area contributed by atoms with E-state index in [0.717, 1.165) is 26.0 Å². The van der Waals surface area contributed by atoms with E-state index in [1.165, 1.54) is 35.2 Å². The molecule has 0 amide bonds. The van der Waals surface area contributed by atoms with Gasteiger partial charge in [0, 0.05) is 18.1 Å². The molecule has 1 N–H and O–H groups in total. The molecule has 0 saturated heterocycles. The number of aromatic amines is 1. The number of fused-ring (bicyclic) bond motifs is 1. The number of nitrogens with one attached hydrogen (secondary N) is 1. The predicted molar refractivity (Wildman–Crippen MR) is 96.1 cm³/mol. The Labute approximate surface area is 145 Å². The molecule has 1 aliphatic heterocycles. The molecule has 3 aromatic rings. The van der Waals surface area contributed by atoms with Crippen molar-refractivity contribution in [3.63, 3.8) is 0 Å². The van der Waals surface area contributed by atoms with Gasteiger partial charge in [-0.15, -0.1) is 11.3 Å². The summed E-state index contributed by atoms with van der Waals surface area (Å²) in [6, 6.07) is 10.3. The smallest absolute Gasteiger partial charge is 0.269 e. The van der Waals surface area contributed by atoms with Crippen molar-refractivity contribution in [1.29, 1.82) is 0 Å². The molecule has 0 radical (unpaired) electrons. The Hall–Kier alpha value is -2.38. The molecule has 2 aromatic heterocycles. The van der Waals surface area contributed by atoms with E-state index in [1.54, 1.807) is 12.3 Å².